The van der Waals surface area contributed by atoms with Gasteiger partial charge in [0, 0.05) is 15.6 Å². The maximum Gasteiger partial charge on any atom is 0.272 e. The number of thiophene rings is 1. The Hall–Kier alpha value is -3.79. The van der Waals surface area contributed by atoms with Crippen molar-refractivity contribution >= 4 is 39.1 Å². The van der Waals surface area contributed by atoms with E-state index in [0.717, 1.165) is 4.70 Å². The van der Waals surface area contributed by atoms with Crippen LogP contribution in [0, 0.1) is 0 Å². The normalized spacial score (nSPS) is 10.7. The van der Waals surface area contributed by atoms with Crippen LogP contribution >= 0.6 is 11.3 Å². The Kier molecular flexibility index (Phi) is 4.92. The van der Waals surface area contributed by atoms with Gasteiger partial charge in [-0.3, -0.25) is 14.9 Å². The maximum atomic E-state index is 12.8. The SMILES string of the molecule is COc1ccc2sc(C(=O)Nc3nn[nH]n3)c(Oc3cccc(C(C)=O)c3)c2c1. The average molecular weight is 409 g/mol. The van der Waals surface area contributed by atoms with Crippen molar-refractivity contribution < 1.29 is 19.1 Å². The number of fused-ring (bicyclic) bond motifs is 1. The number of benzene rings is 2. The molecule has 2 aromatic heterocycles. The molecule has 2 heterocycles. The zero-order valence-corrected chi connectivity index (χ0v) is 16.2. The second kappa shape index (κ2) is 7.68. The fourth-order valence-corrected chi connectivity index (χ4v) is 3.71. The maximum absolute atomic E-state index is 12.8. The Balaban J connectivity index is 1.79. The molecule has 0 spiro atoms. The van der Waals surface area contributed by atoms with Crippen molar-refractivity contribution in [2.75, 3.05) is 12.4 Å². The van der Waals surface area contributed by atoms with Gasteiger partial charge in [0.05, 0.1) is 7.11 Å². The molecule has 0 bridgehead atoms. The molecular formula is C19H15N5O4S. The zero-order chi connectivity index (χ0) is 20.4. The molecule has 0 fully saturated rings. The first-order valence-corrected chi connectivity index (χ1v) is 9.31. The first-order chi connectivity index (χ1) is 14.0. The molecule has 0 aliphatic carbocycles. The number of aromatic amines is 1. The highest BCUT2D eigenvalue weighted by Gasteiger charge is 2.22. The number of anilines is 1. The number of amides is 1. The summed E-state index contributed by atoms with van der Waals surface area (Å²) in [6.07, 6.45) is 0. The van der Waals surface area contributed by atoms with Gasteiger partial charge in [0.1, 0.15) is 16.4 Å². The van der Waals surface area contributed by atoms with E-state index in [-0.39, 0.29) is 11.7 Å². The van der Waals surface area contributed by atoms with Crippen molar-refractivity contribution in [2.45, 2.75) is 6.92 Å². The molecule has 0 saturated carbocycles. The van der Waals surface area contributed by atoms with E-state index in [1.54, 1.807) is 43.5 Å². The third kappa shape index (κ3) is 3.78. The predicted molar refractivity (Wildman–Crippen MR) is 107 cm³/mol. The Labute approximate surface area is 168 Å². The van der Waals surface area contributed by atoms with E-state index in [1.807, 2.05) is 6.07 Å². The molecule has 10 heteroatoms. The van der Waals surface area contributed by atoms with E-state index in [9.17, 15) is 9.59 Å². The van der Waals surface area contributed by atoms with Crippen LogP contribution in [0.5, 0.6) is 17.2 Å². The lowest BCUT2D eigenvalue weighted by atomic mass is 10.1. The van der Waals surface area contributed by atoms with E-state index >= 15 is 0 Å². The smallest absolute Gasteiger partial charge is 0.272 e. The van der Waals surface area contributed by atoms with Gasteiger partial charge in [-0.25, -0.2) is 0 Å². The largest absolute Gasteiger partial charge is 0.497 e. The summed E-state index contributed by atoms with van der Waals surface area (Å²) in [5.74, 6) is 0.948. The third-order valence-corrected chi connectivity index (χ3v) is 5.24. The molecule has 0 aliphatic heterocycles. The van der Waals surface area contributed by atoms with Crippen molar-refractivity contribution in [3.63, 3.8) is 0 Å². The lowest BCUT2D eigenvalue weighted by Gasteiger charge is -2.09. The van der Waals surface area contributed by atoms with Crippen molar-refractivity contribution in [3.05, 3.63) is 52.9 Å². The van der Waals surface area contributed by atoms with Crippen molar-refractivity contribution in [2.24, 2.45) is 0 Å². The van der Waals surface area contributed by atoms with E-state index in [1.165, 1.54) is 18.3 Å². The third-order valence-electron chi connectivity index (χ3n) is 4.09. The van der Waals surface area contributed by atoms with Crippen LogP contribution in [0.25, 0.3) is 10.1 Å². The molecular weight excluding hydrogens is 394 g/mol. The van der Waals surface area contributed by atoms with Crippen LogP contribution in [-0.4, -0.2) is 39.4 Å². The van der Waals surface area contributed by atoms with E-state index in [2.05, 4.69) is 25.9 Å². The molecule has 1 amide bonds. The van der Waals surface area contributed by atoms with E-state index in [4.69, 9.17) is 9.47 Å². The quantitative estimate of drug-likeness (QED) is 0.466. The van der Waals surface area contributed by atoms with Gasteiger partial charge in [-0.05, 0) is 42.5 Å². The van der Waals surface area contributed by atoms with Gasteiger partial charge in [-0.15, -0.1) is 16.4 Å². The molecule has 0 unspecified atom stereocenters. The first kappa shape index (κ1) is 18.6. The molecule has 2 aromatic carbocycles. The zero-order valence-electron chi connectivity index (χ0n) is 15.4. The minimum Gasteiger partial charge on any atom is -0.497 e. The molecule has 29 heavy (non-hydrogen) atoms. The van der Waals surface area contributed by atoms with Crippen LogP contribution in [-0.2, 0) is 0 Å². The summed E-state index contributed by atoms with van der Waals surface area (Å²) in [5.41, 5.74) is 0.511. The van der Waals surface area contributed by atoms with Gasteiger partial charge >= 0.3 is 0 Å². The number of carbonyl (C=O) groups excluding carboxylic acids is 2. The summed E-state index contributed by atoms with van der Waals surface area (Å²) in [7, 11) is 1.56. The number of H-pyrrole nitrogens is 1. The van der Waals surface area contributed by atoms with E-state index < -0.39 is 5.91 Å². The van der Waals surface area contributed by atoms with Crippen LogP contribution in [0.3, 0.4) is 0 Å². The lowest BCUT2D eigenvalue weighted by molar-refractivity contribution is 0.101. The Morgan fingerprint density at radius 3 is 2.72 bits per heavy atom. The molecule has 9 nitrogen and oxygen atoms in total. The first-order valence-electron chi connectivity index (χ1n) is 8.49. The number of nitrogens with zero attached hydrogens (tertiary/aromatic N) is 3. The monoisotopic (exact) mass is 409 g/mol. The topological polar surface area (TPSA) is 119 Å². The van der Waals surface area contributed by atoms with Gasteiger partial charge in [-0.1, -0.05) is 17.2 Å². The molecule has 4 rings (SSSR count). The molecule has 146 valence electrons. The highest BCUT2D eigenvalue weighted by molar-refractivity contribution is 7.21. The van der Waals surface area contributed by atoms with Gasteiger partial charge < -0.3 is 9.47 Å². The summed E-state index contributed by atoms with van der Waals surface area (Å²) >= 11 is 1.26. The fourth-order valence-electron chi connectivity index (χ4n) is 2.70. The van der Waals surface area contributed by atoms with Gasteiger partial charge in [0.25, 0.3) is 11.9 Å². The summed E-state index contributed by atoms with van der Waals surface area (Å²) in [4.78, 5) is 24.9. The molecule has 0 saturated heterocycles. The predicted octanol–water partition coefficient (Wildman–Crippen LogP) is 3.67. The minimum atomic E-state index is -0.440. The van der Waals surface area contributed by atoms with Crippen LogP contribution in [0.15, 0.2) is 42.5 Å². The minimum absolute atomic E-state index is 0.0505. The van der Waals surface area contributed by atoms with Crippen molar-refractivity contribution in [3.8, 4) is 17.2 Å². The molecule has 2 N–H and O–H groups in total. The van der Waals surface area contributed by atoms with Crippen LogP contribution in [0.1, 0.15) is 27.0 Å². The number of nitrogens with one attached hydrogen (secondary N) is 2. The number of tetrazole rings is 1. The number of aromatic nitrogens is 4. The highest BCUT2D eigenvalue weighted by atomic mass is 32.1. The Bertz CT molecular complexity index is 1200. The number of ether oxygens (including phenoxy) is 2. The van der Waals surface area contributed by atoms with Gasteiger partial charge in [-0.2, -0.15) is 5.21 Å². The Morgan fingerprint density at radius 1 is 1.14 bits per heavy atom. The lowest BCUT2D eigenvalue weighted by Crippen LogP contribution is -2.12. The second-order valence-electron chi connectivity index (χ2n) is 6.00. The summed E-state index contributed by atoms with van der Waals surface area (Å²) in [6, 6.07) is 12.2. The number of hydrogen-bond donors (Lipinski definition) is 2. The molecule has 0 atom stereocenters. The number of methoxy groups -OCH3 is 1. The number of ketones is 1. The van der Waals surface area contributed by atoms with Crippen LogP contribution in [0.4, 0.5) is 5.95 Å². The Morgan fingerprint density at radius 2 is 2.00 bits per heavy atom. The number of rotatable bonds is 6. The van der Waals surface area contributed by atoms with Gasteiger partial charge in [0.15, 0.2) is 11.5 Å². The summed E-state index contributed by atoms with van der Waals surface area (Å²) in [5, 5.41) is 16.5. The van der Waals surface area contributed by atoms with Crippen LogP contribution < -0.4 is 14.8 Å². The molecule has 4 aromatic rings. The summed E-state index contributed by atoms with van der Waals surface area (Å²) < 4.78 is 12.2. The van der Waals surface area contributed by atoms with Gasteiger partial charge in [0.2, 0.25) is 0 Å². The van der Waals surface area contributed by atoms with E-state index in [0.29, 0.717) is 33.1 Å². The molecule has 0 aliphatic rings. The summed E-state index contributed by atoms with van der Waals surface area (Å²) in [6.45, 7) is 1.48. The molecule has 0 radical (unpaired) electrons. The second-order valence-corrected chi connectivity index (χ2v) is 7.05. The average Bonchev–Trinajstić information content (AvgIpc) is 3.36. The number of Topliss-reactive ketones (excluding diaryl/α,β-unsaturated/α-hetero) is 1. The standard InChI is InChI=1S/C19H15N5O4S/c1-10(25)11-4-3-5-13(8-11)28-16-14-9-12(27-2)6-7-15(14)29-17(16)18(26)20-19-21-23-24-22-19/h3-9H,1-2H3,(H2,20,21,22,23,24,26). The van der Waals surface area contributed by atoms with Crippen molar-refractivity contribution in [1.29, 1.82) is 0 Å². The fraction of sp³-hybridized carbons (Fsp3) is 0.105. The number of carbonyl (C=O) groups is 2. The van der Waals surface area contributed by atoms with Crippen LogP contribution in [0.2, 0.25) is 0 Å². The number of hydrogen-bond acceptors (Lipinski definition) is 8. The highest BCUT2D eigenvalue weighted by Crippen LogP contribution is 2.42. The van der Waals surface area contributed by atoms with Crippen molar-refractivity contribution in [1.82, 2.24) is 20.6 Å².